The van der Waals surface area contributed by atoms with Crippen molar-refractivity contribution >= 4 is 0 Å². The summed E-state index contributed by atoms with van der Waals surface area (Å²) in [7, 11) is 3.72. The Labute approximate surface area is 115 Å². The monoisotopic (exact) mass is 264 g/mol. The molecule has 1 fully saturated rings. The lowest BCUT2D eigenvalue weighted by Crippen LogP contribution is -2.34. The van der Waals surface area contributed by atoms with Crippen LogP contribution in [0, 0.1) is 5.41 Å². The molecule has 1 unspecified atom stereocenters. The molecule has 1 atom stereocenters. The van der Waals surface area contributed by atoms with Crippen LogP contribution in [0.1, 0.15) is 18.9 Å². The van der Waals surface area contributed by atoms with Crippen LogP contribution in [-0.2, 0) is 6.54 Å². The largest absolute Gasteiger partial charge is 0.504 e. The number of benzene rings is 1. The highest BCUT2D eigenvalue weighted by Crippen LogP contribution is 2.28. The van der Waals surface area contributed by atoms with Crippen molar-refractivity contribution in [2.75, 3.05) is 33.8 Å². The number of methoxy groups -OCH3 is 1. The third-order valence-corrected chi connectivity index (χ3v) is 3.81. The van der Waals surface area contributed by atoms with E-state index in [1.165, 1.54) is 6.42 Å². The molecule has 19 heavy (non-hydrogen) atoms. The third kappa shape index (κ3) is 3.61. The molecular weight excluding hydrogens is 240 g/mol. The lowest BCUT2D eigenvalue weighted by Gasteiger charge is -2.29. The highest BCUT2D eigenvalue weighted by atomic mass is 16.5. The highest BCUT2D eigenvalue weighted by Gasteiger charge is 2.29. The summed E-state index contributed by atoms with van der Waals surface area (Å²) in [5.41, 5.74) is 1.53. The topological polar surface area (TPSA) is 44.7 Å². The summed E-state index contributed by atoms with van der Waals surface area (Å²) in [6, 6.07) is 5.55. The molecule has 2 rings (SSSR count). The fraction of sp³-hybridized carbons (Fsp3) is 0.600. The Morgan fingerprint density at radius 1 is 1.47 bits per heavy atom. The molecule has 4 nitrogen and oxygen atoms in total. The quantitative estimate of drug-likeness (QED) is 0.851. The van der Waals surface area contributed by atoms with Crippen LogP contribution in [0.4, 0.5) is 0 Å². The molecule has 1 aliphatic rings. The van der Waals surface area contributed by atoms with Crippen LogP contribution >= 0.6 is 0 Å². The molecular formula is C15H24N2O2. The standard InChI is InChI=1S/C15H24N2O2/c1-15(6-7-16-10-15)11-17(2)9-12-4-5-13(18)14(8-12)19-3/h4-5,8,16,18H,6-7,9-11H2,1-3H3. The van der Waals surface area contributed by atoms with E-state index in [4.69, 9.17) is 4.74 Å². The van der Waals surface area contributed by atoms with Gasteiger partial charge in [0.15, 0.2) is 11.5 Å². The van der Waals surface area contributed by atoms with Crippen LogP contribution in [0.5, 0.6) is 11.5 Å². The minimum atomic E-state index is 0.195. The second-order valence-electron chi connectivity index (χ2n) is 5.92. The van der Waals surface area contributed by atoms with E-state index < -0.39 is 0 Å². The summed E-state index contributed by atoms with van der Waals surface area (Å²) >= 11 is 0. The molecule has 1 aliphatic heterocycles. The van der Waals surface area contributed by atoms with Crippen molar-refractivity contribution in [3.05, 3.63) is 23.8 Å². The van der Waals surface area contributed by atoms with Gasteiger partial charge in [0.1, 0.15) is 0 Å². The third-order valence-electron chi connectivity index (χ3n) is 3.81. The van der Waals surface area contributed by atoms with Crippen LogP contribution in [0.15, 0.2) is 18.2 Å². The summed E-state index contributed by atoms with van der Waals surface area (Å²) in [6.07, 6.45) is 1.23. The van der Waals surface area contributed by atoms with E-state index in [0.717, 1.165) is 31.7 Å². The van der Waals surface area contributed by atoms with Crippen LogP contribution in [0.2, 0.25) is 0 Å². The van der Waals surface area contributed by atoms with Gasteiger partial charge in [0.25, 0.3) is 0 Å². The van der Waals surface area contributed by atoms with Gasteiger partial charge in [0, 0.05) is 19.6 Å². The van der Waals surface area contributed by atoms with Gasteiger partial charge in [0.05, 0.1) is 7.11 Å². The second-order valence-corrected chi connectivity index (χ2v) is 5.92. The maximum atomic E-state index is 9.59. The number of hydrogen-bond donors (Lipinski definition) is 2. The van der Waals surface area contributed by atoms with E-state index in [1.54, 1.807) is 13.2 Å². The maximum absolute atomic E-state index is 9.59. The van der Waals surface area contributed by atoms with Gasteiger partial charge in [-0.25, -0.2) is 0 Å². The Bertz CT molecular complexity index is 428. The van der Waals surface area contributed by atoms with Crippen molar-refractivity contribution in [3.63, 3.8) is 0 Å². The number of hydrogen-bond acceptors (Lipinski definition) is 4. The Morgan fingerprint density at radius 2 is 2.26 bits per heavy atom. The predicted octanol–water partition coefficient (Wildman–Crippen LogP) is 1.83. The first kappa shape index (κ1) is 14.2. The molecule has 106 valence electrons. The summed E-state index contributed by atoms with van der Waals surface area (Å²) in [5.74, 6) is 0.737. The lowest BCUT2D eigenvalue weighted by molar-refractivity contribution is 0.203. The van der Waals surface area contributed by atoms with E-state index in [1.807, 2.05) is 12.1 Å². The molecule has 1 heterocycles. The number of ether oxygens (including phenoxy) is 1. The number of rotatable bonds is 5. The molecule has 2 N–H and O–H groups in total. The minimum Gasteiger partial charge on any atom is -0.504 e. The van der Waals surface area contributed by atoms with E-state index in [0.29, 0.717) is 11.2 Å². The predicted molar refractivity (Wildman–Crippen MR) is 76.6 cm³/mol. The van der Waals surface area contributed by atoms with Gasteiger partial charge in [-0.3, -0.25) is 0 Å². The molecule has 1 saturated heterocycles. The van der Waals surface area contributed by atoms with Gasteiger partial charge in [0.2, 0.25) is 0 Å². The minimum absolute atomic E-state index is 0.195. The normalized spacial score (nSPS) is 22.9. The SMILES string of the molecule is COc1cc(CN(C)CC2(C)CCNC2)ccc1O. The molecule has 0 radical (unpaired) electrons. The van der Waals surface area contributed by atoms with Gasteiger partial charge >= 0.3 is 0 Å². The first-order valence-corrected chi connectivity index (χ1v) is 6.78. The van der Waals surface area contributed by atoms with Crippen molar-refractivity contribution in [3.8, 4) is 11.5 Å². The van der Waals surface area contributed by atoms with Crippen LogP contribution < -0.4 is 10.1 Å². The van der Waals surface area contributed by atoms with Gasteiger partial charge in [-0.2, -0.15) is 0 Å². The number of phenols is 1. The fourth-order valence-corrected chi connectivity index (χ4v) is 2.84. The Balaban J connectivity index is 1.96. The van der Waals surface area contributed by atoms with Crippen LogP contribution in [0.25, 0.3) is 0 Å². The zero-order chi connectivity index (χ0) is 13.9. The number of nitrogens with one attached hydrogen (secondary N) is 1. The number of phenolic OH excluding ortho intramolecular Hbond substituents is 1. The van der Waals surface area contributed by atoms with Gasteiger partial charge in [-0.1, -0.05) is 13.0 Å². The van der Waals surface area contributed by atoms with Gasteiger partial charge < -0.3 is 20.1 Å². The molecule has 0 bridgehead atoms. The molecule has 1 aromatic carbocycles. The molecule has 0 aromatic heterocycles. The molecule has 1 aromatic rings. The average molecular weight is 264 g/mol. The number of aromatic hydroxyl groups is 1. The Morgan fingerprint density at radius 3 is 2.89 bits per heavy atom. The summed E-state index contributed by atoms with van der Waals surface area (Å²) < 4.78 is 5.14. The summed E-state index contributed by atoms with van der Waals surface area (Å²) in [4.78, 5) is 2.33. The smallest absolute Gasteiger partial charge is 0.160 e. The first-order chi connectivity index (χ1) is 9.02. The molecule has 4 heteroatoms. The molecule has 0 amide bonds. The maximum Gasteiger partial charge on any atom is 0.160 e. The summed E-state index contributed by atoms with van der Waals surface area (Å²) in [5, 5.41) is 13.0. The van der Waals surface area contributed by atoms with E-state index in [-0.39, 0.29) is 5.75 Å². The first-order valence-electron chi connectivity index (χ1n) is 6.78. The summed E-state index contributed by atoms with van der Waals surface area (Å²) in [6.45, 7) is 6.49. The van der Waals surface area contributed by atoms with Crippen LogP contribution in [0.3, 0.4) is 0 Å². The van der Waals surface area contributed by atoms with E-state index in [2.05, 4.69) is 24.2 Å². The molecule has 0 saturated carbocycles. The highest BCUT2D eigenvalue weighted by molar-refractivity contribution is 5.41. The van der Waals surface area contributed by atoms with Crippen molar-refractivity contribution in [1.29, 1.82) is 0 Å². The van der Waals surface area contributed by atoms with Crippen molar-refractivity contribution in [2.45, 2.75) is 19.9 Å². The second kappa shape index (κ2) is 5.80. The van der Waals surface area contributed by atoms with E-state index >= 15 is 0 Å². The van der Waals surface area contributed by atoms with Gasteiger partial charge in [-0.05, 0) is 43.1 Å². The van der Waals surface area contributed by atoms with Gasteiger partial charge in [-0.15, -0.1) is 0 Å². The van der Waals surface area contributed by atoms with Crippen molar-refractivity contribution < 1.29 is 9.84 Å². The molecule has 0 spiro atoms. The lowest BCUT2D eigenvalue weighted by atomic mass is 9.89. The Hall–Kier alpha value is -1.26. The zero-order valence-corrected chi connectivity index (χ0v) is 12.1. The molecule has 0 aliphatic carbocycles. The Kier molecular flexibility index (Phi) is 4.32. The average Bonchev–Trinajstić information content (AvgIpc) is 2.78. The zero-order valence-electron chi connectivity index (χ0n) is 12.1. The van der Waals surface area contributed by atoms with Crippen molar-refractivity contribution in [2.24, 2.45) is 5.41 Å². The fourth-order valence-electron chi connectivity index (χ4n) is 2.84. The van der Waals surface area contributed by atoms with Crippen molar-refractivity contribution in [1.82, 2.24) is 10.2 Å². The van der Waals surface area contributed by atoms with E-state index in [9.17, 15) is 5.11 Å². The number of nitrogens with zero attached hydrogens (tertiary/aromatic N) is 1. The van der Waals surface area contributed by atoms with Crippen LogP contribution in [-0.4, -0.2) is 43.8 Å².